The van der Waals surface area contributed by atoms with Crippen LogP contribution in [0.15, 0.2) is 42.5 Å². The first-order valence-corrected chi connectivity index (χ1v) is 10.3. The summed E-state index contributed by atoms with van der Waals surface area (Å²) in [4.78, 5) is 24.3. The van der Waals surface area contributed by atoms with Crippen molar-refractivity contribution in [2.24, 2.45) is 7.05 Å². The number of benzene rings is 2. The second-order valence-corrected chi connectivity index (χ2v) is 7.93. The Bertz CT molecular complexity index is 1220. The number of hydrogen-bond acceptors (Lipinski definition) is 3. The van der Waals surface area contributed by atoms with Gasteiger partial charge in [-0.3, -0.25) is 9.48 Å². The van der Waals surface area contributed by atoms with Crippen LogP contribution < -0.4 is 5.32 Å². The number of carbonyl (C=O) groups is 2. The molecule has 1 heterocycles. The van der Waals surface area contributed by atoms with Gasteiger partial charge in [0.15, 0.2) is 0 Å². The predicted octanol–water partition coefficient (Wildman–Crippen LogP) is 5.38. The number of carboxylic acids is 1. The minimum atomic E-state index is -2.99. The normalized spacial score (nSPS) is 12.3. The first kappa shape index (κ1) is 24.9. The van der Waals surface area contributed by atoms with Gasteiger partial charge in [-0.1, -0.05) is 30.3 Å². The summed E-state index contributed by atoms with van der Waals surface area (Å²) in [6.07, 6.45) is -5.78. The Balaban J connectivity index is 1.93. The highest BCUT2D eigenvalue weighted by Gasteiger charge is 2.29. The van der Waals surface area contributed by atoms with Crippen molar-refractivity contribution in [1.82, 2.24) is 15.1 Å². The van der Waals surface area contributed by atoms with Crippen molar-refractivity contribution in [2.45, 2.75) is 39.2 Å². The van der Waals surface area contributed by atoms with Crippen LogP contribution in [0, 0.1) is 6.92 Å². The number of aromatic carboxylic acids is 1. The van der Waals surface area contributed by atoms with E-state index in [1.165, 1.54) is 37.4 Å². The van der Waals surface area contributed by atoms with Crippen molar-refractivity contribution >= 4 is 11.9 Å². The van der Waals surface area contributed by atoms with Crippen LogP contribution in [-0.2, 0) is 13.5 Å². The fraction of sp³-hybridized carbons (Fsp3) is 0.292. The second-order valence-electron chi connectivity index (χ2n) is 7.93. The predicted molar refractivity (Wildman–Crippen MR) is 116 cm³/mol. The lowest BCUT2D eigenvalue weighted by molar-refractivity contribution is 0.0695. The number of hydrogen-bond donors (Lipinski definition) is 2. The van der Waals surface area contributed by atoms with Crippen molar-refractivity contribution in [3.8, 4) is 0 Å². The topological polar surface area (TPSA) is 84.2 Å². The van der Waals surface area contributed by atoms with Crippen LogP contribution in [0.5, 0.6) is 0 Å². The Hall–Kier alpha value is -3.69. The summed E-state index contributed by atoms with van der Waals surface area (Å²) in [6.45, 7) is 3.25. The molecule has 0 aliphatic heterocycles. The van der Waals surface area contributed by atoms with Crippen LogP contribution in [0.1, 0.15) is 80.2 Å². The number of aryl methyl sites for hydroxylation is 2. The van der Waals surface area contributed by atoms with Gasteiger partial charge < -0.3 is 10.4 Å². The van der Waals surface area contributed by atoms with E-state index in [0.717, 1.165) is 4.68 Å². The number of aromatic nitrogens is 2. The first-order chi connectivity index (χ1) is 16.0. The monoisotopic (exact) mass is 477 g/mol. The van der Waals surface area contributed by atoms with Crippen LogP contribution in [0.2, 0.25) is 0 Å². The molecule has 180 valence electrons. The Labute approximate surface area is 193 Å². The van der Waals surface area contributed by atoms with Crippen molar-refractivity contribution in [3.63, 3.8) is 0 Å². The van der Waals surface area contributed by atoms with Gasteiger partial charge in [0.25, 0.3) is 18.8 Å². The molecule has 3 aromatic rings. The fourth-order valence-electron chi connectivity index (χ4n) is 3.80. The molecule has 0 radical (unpaired) electrons. The molecule has 10 heteroatoms. The van der Waals surface area contributed by atoms with Gasteiger partial charge in [-0.15, -0.1) is 0 Å². The van der Waals surface area contributed by atoms with Crippen molar-refractivity contribution in [3.05, 3.63) is 87.2 Å². The quantitative estimate of drug-likeness (QED) is 0.427. The van der Waals surface area contributed by atoms with E-state index < -0.39 is 36.5 Å². The highest BCUT2D eigenvalue weighted by molar-refractivity contribution is 5.97. The molecule has 0 saturated heterocycles. The number of rotatable bonds is 8. The van der Waals surface area contributed by atoms with Crippen LogP contribution >= 0.6 is 0 Å². The minimum Gasteiger partial charge on any atom is -0.478 e. The third kappa shape index (κ3) is 5.27. The molecule has 1 amide bonds. The molecule has 0 fully saturated rings. The van der Waals surface area contributed by atoms with E-state index in [1.54, 1.807) is 26.0 Å². The smallest absolute Gasteiger partial charge is 0.335 e. The molecule has 0 aliphatic carbocycles. The molecular formula is C24H23F4N3O3. The van der Waals surface area contributed by atoms with E-state index in [4.69, 9.17) is 0 Å². The molecule has 3 rings (SSSR count). The molecule has 0 bridgehead atoms. The highest BCUT2D eigenvalue weighted by Crippen LogP contribution is 2.28. The fourth-order valence-corrected chi connectivity index (χ4v) is 3.80. The zero-order chi connectivity index (χ0) is 25.2. The summed E-state index contributed by atoms with van der Waals surface area (Å²) in [5, 5.41) is 15.9. The maximum Gasteiger partial charge on any atom is 0.335 e. The van der Waals surface area contributed by atoms with Gasteiger partial charge in [-0.25, -0.2) is 22.4 Å². The van der Waals surface area contributed by atoms with E-state index >= 15 is 0 Å². The molecule has 6 nitrogen and oxygen atoms in total. The number of nitrogens with one attached hydrogen (secondary N) is 1. The molecule has 2 aromatic carbocycles. The molecule has 0 saturated carbocycles. The number of alkyl halides is 4. The van der Waals surface area contributed by atoms with Crippen molar-refractivity contribution in [1.29, 1.82) is 0 Å². The minimum absolute atomic E-state index is 0.0336. The Morgan fingerprint density at radius 3 is 2.35 bits per heavy atom. The Morgan fingerprint density at radius 2 is 1.76 bits per heavy atom. The summed E-state index contributed by atoms with van der Waals surface area (Å²) >= 11 is 0. The van der Waals surface area contributed by atoms with Crippen LogP contribution in [-0.4, -0.2) is 26.8 Å². The Kier molecular flexibility index (Phi) is 7.38. The number of amides is 1. The lowest BCUT2D eigenvalue weighted by Gasteiger charge is -2.16. The van der Waals surface area contributed by atoms with Gasteiger partial charge in [-0.2, -0.15) is 5.10 Å². The molecular weight excluding hydrogens is 454 g/mol. The summed E-state index contributed by atoms with van der Waals surface area (Å²) in [5.41, 5.74) is 0.507. The van der Waals surface area contributed by atoms with E-state index in [0.29, 0.717) is 16.7 Å². The Morgan fingerprint density at radius 1 is 1.06 bits per heavy atom. The maximum atomic E-state index is 13.8. The highest BCUT2D eigenvalue weighted by atomic mass is 19.3. The SMILES string of the molecule is Cc1cc(C(C)NC(=O)c2c(Cc3cccc(C(F)F)c3)nn(C)c2C(F)F)ccc1C(=O)O. The molecule has 0 spiro atoms. The van der Waals surface area contributed by atoms with Gasteiger partial charge in [-0.05, 0) is 42.7 Å². The lowest BCUT2D eigenvalue weighted by Crippen LogP contribution is -2.28. The van der Waals surface area contributed by atoms with Crippen LogP contribution in [0.25, 0.3) is 0 Å². The van der Waals surface area contributed by atoms with E-state index in [9.17, 15) is 32.3 Å². The van der Waals surface area contributed by atoms with Gasteiger partial charge in [0, 0.05) is 19.0 Å². The number of halogens is 4. The van der Waals surface area contributed by atoms with E-state index in [-0.39, 0.29) is 28.8 Å². The summed E-state index contributed by atoms with van der Waals surface area (Å²) in [6, 6.07) is 9.40. The first-order valence-electron chi connectivity index (χ1n) is 10.3. The molecule has 0 aliphatic rings. The van der Waals surface area contributed by atoms with Gasteiger partial charge >= 0.3 is 5.97 Å². The maximum absolute atomic E-state index is 13.8. The summed E-state index contributed by atoms with van der Waals surface area (Å²) in [7, 11) is 1.29. The van der Waals surface area contributed by atoms with Crippen LogP contribution in [0.4, 0.5) is 17.6 Å². The molecule has 34 heavy (non-hydrogen) atoms. The number of nitrogens with zero attached hydrogens (tertiary/aromatic N) is 2. The summed E-state index contributed by atoms with van der Waals surface area (Å²) in [5.74, 6) is -1.88. The third-order valence-electron chi connectivity index (χ3n) is 5.50. The molecule has 1 atom stereocenters. The molecule has 1 unspecified atom stereocenters. The summed E-state index contributed by atoms with van der Waals surface area (Å²) < 4.78 is 54.6. The molecule has 1 aromatic heterocycles. The average molecular weight is 477 g/mol. The standard InChI is InChI=1S/C24H23F4N3O3/c1-12-9-15(7-8-17(12)24(33)34)13(2)29-23(32)19-18(30-31(3)20(19)22(27)28)11-14-5-4-6-16(10-14)21(25)26/h4-10,13,21-22H,11H2,1-3H3,(H,29,32)(H,33,34). The van der Waals surface area contributed by atoms with Crippen molar-refractivity contribution < 1.29 is 32.3 Å². The molecule has 2 N–H and O–H groups in total. The lowest BCUT2D eigenvalue weighted by atomic mass is 10.00. The zero-order valence-corrected chi connectivity index (χ0v) is 18.7. The van der Waals surface area contributed by atoms with Gasteiger partial charge in [0.2, 0.25) is 0 Å². The number of carbonyl (C=O) groups excluding carboxylic acids is 1. The van der Waals surface area contributed by atoms with E-state index in [1.807, 2.05) is 0 Å². The van der Waals surface area contributed by atoms with Crippen LogP contribution in [0.3, 0.4) is 0 Å². The zero-order valence-electron chi connectivity index (χ0n) is 18.7. The second kappa shape index (κ2) is 10.1. The largest absolute Gasteiger partial charge is 0.478 e. The van der Waals surface area contributed by atoms with Crippen molar-refractivity contribution in [2.75, 3.05) is 0 Å². The number of carboxylic acid groups (broad SMARTS) is 1. The average Bonchev–Trinajstić information content (AvgIpc) is 3.09. The van der Waals surface area contributed by atoms with E-state index in [2.05, 4.69) is 10.4 Å². The van der Waals surface area contributed by atoms with Gasteiger partial charge in [0.05, 0.1) is 22.9 Å². The van der Waals surface area contributed by atoms with Gasteiger partial charge in [0.1, 0.15) is 5.69 Å². The third-order valence-corrected chi connectivity index (χ3v) is 5.50.